The first-order valence-electron chi connectivity index (χ1n) is 8.71. The van der Waals surface area contributed by atoms with Crippen molar-refractivity contribution in [3.8, 4) is 0 Å². The van der Waals surface area contributed by atoms with E-state index in [1.165, 1.54) is 58.4 Å². The van der Waals surface area contributed by atoms with E-state index in [1.54, 1.807) is 0 Å². The fourth-order valence-corrected chi connectivity index (χ4v) is 2.60. The van der Waals surface area contributed by atoms with Crippen LogP contribution in [-0.2, 0) is 0 Å². The Morgan fingerprint density at radius 3 is 2.52 bits per heavy atom. The first-order chi connectivity index (χ1) is 10.3. The summed E-state index contributed by atoms with van der Waals surface area (Å²) in [4.78, 5) is 9.65. The van der Waals surface area contributed by atoms with Gasteiger partial charge in [-0.3, -0.25) is 4.99 Å². The molecule has 1 aliphatic carbocycles. The Morgan fingerprint density at radius 2 is 1.86 bits per heavy atom. The van der Waals surface area contributed by atoms with Gasteiger partial charge in [-0.25, -0.2) is 0 Å². The highest BCUT2D eigenvalue weighted by molar-refractivity contribution is 5.79. The Kier molecular flexibility index (Phi) is 7.30. The highest BCUT2D eigenvalue weighted by Gasteiger charge is 2.20. The van der Waals surface area contributed by atoms with Crippen molar-refractivity contribution in [1.29, 1.82) is 0 Å². The van der Waals surface area contributed by atoms with Gasteiger partial charge in [0.25, 0.3) is 0 Å². The lowest BCUT2D eigenvalue weighted by Gasteiger charge is -2.32. The Bertz CT molecular complexity index is 306. The summed E-state index contributed by atoms with van der Waals surface area (Å²) in [6, 6.07) is 0. The smallest absolute Gasteiger partial charge is 0.191 e. The molecule has 0 aromatic rings. The Balaban J connectivity index is 1.51. The van der Waals surface area contributed by atoms with Crippen molar-refractivity contribution in [3.05, 3.63) is 0 Å². The number of likely N-dealkylation sites (N-methyl/N-ethyl adjacent to an activating group) is 1. The van der Waals surface area contributed by atoms with Crippen LogP contribution < -0.4 is 10.6 Å². The van der Waals surface area contributed by atoms with Crippen LogP contribution in [0.1, 0.15) is 32.6 Å². The molecule has 5 nitrogen and oxygen atoms in total. The number of nitrogens with one attached hydrogen (secondary N) is 2. The molecule has 0 aromatic carbocycles. The molecule has 2 fully saturated rings. The number of aliphatic imine (C=N–C) groups is 1. The fraction of sp³-hybridized carbons (Fsp3) is 0.938. The van der Waals surface area contributed by atoms with Crippen LogP contribution in [0.3, 0.4) is 0 Å². The molecule has 2 rings (SSSR count). The van der Waals surface area contributed by atoms with Gasteiger partial charge in [0, 0.05) is 45.8 Å². The highest BCUT2D eigenvalue weighted by atomic mass is 15.2. The fourth-order valence-electron chi connectivity index (χ4n) is 2.60. The summed E-state index contributed by atoms with van der Waals surface area (Å²) in [7, 11) is 2.21. The molecular formula is C16H33N5. The third-order valence-corrected chi connectivity index (χ3v) is 4.34. The number of nitrogens with zero attached hydrogens (tertiary/aromatic N) is 3. The van der Waals surface area contributed by atoms with Crippen LogP contribution in [0.4, 0.5) is 0 Å². The topological polar surface area (TPSA) is 42.9 Å². The molecule has 1 saturated heterocycles. The zero-order chi connectivity index (χ0) is 14.9. The van der Waals surface area contributed by atoms with Gasteiger partial charge in [-0.05, 0) is 52.1 Å². The molecule has 1 heterocycles. The van der Waals surface area contributed by atoms with E-state index in [9.17, 15) is 0 Å². The van der Waals surface area contributed by atoms with E-state index in [4.69, 9.17) is 0 Å². The van der Waals surface area contributed by atoms with Gasteiger partial charge < -0.3 is 20.4 Å². The molecule has 21 heavy (non-hydrogen) atoms. The first kappa shape index (κ1) is 16.6. The van der Waals surface area contributed by atoms with Gasteiger partial charge in [-0.15, -0.1) is 0 Å². The molecule has 2 N–H and O–H groups in total. The minimum absolute atomic E-state index is 0.859. The standard InChI is InChI=1S/C16H33N5/c1-3-17-16(19-14-15-6-7-15)18-8-4-5-9-21-12-10-20(2)11-13-21/h15H,3-14H2,1-2H3,(H2,17,18,19). The number of piperazine rings is 1. The number of hydrogen-bond donors (Lipinski definition) is 2. The number of unbranched alkanes of at least 4 members (excludes halogenated alkanes) is 1. The second-order valence-corrected chi connectivity index (χ2v) is 6.44. The second kappa shape index (κ2) is 9.26. The van der Waals surface area contributed by atoms with Crippen molar-refractivity contribution < 1.29 is 0 Å². The molecule has 0 atom stereocenters. The van der Waals surface area contributed by atoms with Gasteiger partial charge >= 0.3 is 0 Å². The third kappa shape index (κ3) is 7.14. The normalized spacial score (nSPS) is 21.5. The Morgan fingerprint density at radius 1 is 1.10 bits per heavy atom. The molecule has 0 bridgehead atoms. The molecule has 5 heteroatoms. The summed E-state index contributed by atoms with van der Waals surface area (Å²) >= 11 is 0. The van der Waals surface area contributed by atoms with E-state index in [0.29, 0.717) is 0 Å². The first-order valence-corrected chi connectivity index (χ1v) is 8.71. The Hall–Kier alpha value is -0.810. The summed E-state index contributed by atoms with van der Waals surface area (Å²) < 4.78 is 0. The van der Waals surface area contributed by atoms with Crippen molar-refractivity contribution in [3.63, 3.8) is 0 Å². The van der Waals surface area contributed by atoms with Crippen LogP contribution in [0.2, 0.25) is 0 Å². The van der Waals surface area contributed by atoms with Crippen LogP contribution >= 0.6 is 0 Å². The second-order valence-electron chi connectivity index (χ2n) is 6.44. The van der Waals surface area contributed by atoms with Crippen LogP contribution in [0.5, 0.6) is 0 Å². The highest BCUT2D eigenvalue weighted by Crippen LogP contribution is 2.28. The van der Waals surface area contributed by atoms with Gasteiger partial charge in [0.15, 0.2) is 5.96 Å². The monoisotopic (exact) mass is 295 g/mol. The van der Waals surface area contributed by atoms with Crippen LogP contribution in [0.25, 0.3) is 0 Å². The minimum Gasteiger partial charge on any atom is -0.357 e. The number of guanidine groups is 1. The third-order valence-electron chi connectivity index (χ3n) is 4.34. The summed E-state index contributed by atoms with van der Waals surface area (Å²) in [5, 5.41) is 6.79. The summed E-state index contributed by atoms with van der Waals surface area (Å²) in [5.74, 6) is 1.86. The van der Waals surface area contributed by atoms with Gasteiger partial charge in [0.1, 0.15) is 0 Å². The van der Waals surface area contributed by atoms with Crippen LogP contribution in [0, 0.1) is 5.92 Å². The number of rotatable bonds is 8. The van der Waals surface area contributed by atoms with Crippen molar-refractivity contribution in [1.82, 2.24) is 20.4 Å². The molecular weight excluding hydrogens is 262 g/mol. The quantitative estimate of drug-likeness (QED) is 0.398. The van der Waals surface area contributed by atoms with Crippen LogP contribution in [0.15, 0.2) is 4.99 Å². The summed E-state index contributed by atoms with van der Waals surface area (Å²) in [6.45, 7) is 11.2. The van der Waals surface area contributed by atoms with Gasteiger partial charge in [0.05, 0.1) is 0 Å². The van der Waals surface area contributed by atoms with E-state index in [-0.39, 0.29) is 0 Å². The molecule has 0 unspecified atom stereocenters. The van der Waals surface area contributed by atoms with E-state index in [0.717, 1.165) is 31.5 Å². The summed E-state index contributed by atoms with van der Waals surface area (Å²) in [6.07, 6.45) is 5.24. The number of hydrogen-bond acceptors (Lipinski definition) is 3. The molecule has 0 aromatic heterocycles. The van der Waals surface area contributed by atoms with Gasteiger partial charge in [-0.1, -0.05) is 0 Å². The Labute approximate surface area is 130 Å². The van der Waals surface area contributed by atoms with E-state index in [1.807, 2.05) is 0 Å². The predicted octanol–water partition coefficient (Wildman–Crippen LogP) is 0.979. The average molecular weight is 295 g/mol. The molecule has 1 aliphatic heterocycles. The maximum absolute atomic E-state index is 4.65. The van der Waals surface area contributed by atoms with Crippen LogP contribution in [-0.4, -0.2) is 75.2 Å². The molecule has 1 saturated carbocycles. The largest absolute Gasteiger partial charge is 0.357 e. The van der Waals surface area contributed by atoms with E-state index in [2.05, 4.69) is 39.4 Å². The molecule has 2 aliphatic rings. The molecule has 122 valence electrons. The lowest BCUT2D eigenvalue weighted by molar-refractivity contribution is 0.152. The van der Waals surface area contributed by atoms with Gasteiger partial charge in [0.2, 0.25) is 0 Å². The maximum atomic E-state index is 4.65. The van der Waals surface area contributed by atoms with E-state index < -0.39 is 0 Å². The lowest BCUT2D eigenvalue weighted by Crippen LogP contribution is -2.44. The lowest BCUT2D eigenvalue weighted by atomic mass is 10.2. The van der Waals surface area contributed by atoms with Gasteiger partial charge in [-0.2, -0.15) is 0 Å². The van der Waals surface area contributed by atoms with Crippen molar-refractivity contribution in [2.24, 2.45) is 10.9 Å². The molecule has 0 radical (unpaired) electrons. The SMILES string of the molecule is CCNC(=NCC1CC1)NCCCCN1CCN(C)CC1. The zero-order valence-electron chi connectivity index (χ0n) is 13.9. The minimum atomic E-state index is 0.859. The van der Waals surface area contributed by atoms with E-state index >= 15 is 0 Å². The summed E-state index contributed by atoms with van der Waals surface area (Å²) in [5.41, 5.74) is 0. The predicted molar refractivity (Wildman–Crippen MR) is 89.9 cm³/mol. The maximum Gasteiger partial charge on any atom is 0.191 e. The zero-order valence-corrected chi connectivity index (χ0v) is 13.9. The van der Waals surface area contributed by atoms with Crippen molar-refractivity contribution in [2.75, 3.05) is 59.4 Å². The van der Waals surface area contributed by atoms with Crippen molar-refractivity contribution >= 4 is 5.96 Å². The average Bonchev–Trinajstić information content (AvgIpc) is 3.30. The van der Waals surface area contributed by atoms with Crippen molar-refractivity contribution in [2.45, 2.75) is 32.6 Å². The molecule has 0 amide bonds. The molecule has 0 spiro atoms.